The number of anilines is 1. The molecule has 121 valence electrons. The second-order valence-corrected chi connectivity index (χ2v) is 6.31. The van der Waals surface area contributed by atoms with Crippen molar-refractivity contribution in [2.75, 3.05) is 18.0 Å². The summed E-state index contributed by atoms with van der Waals surface area (Å²) >= 11 is 0. The molecule has 0 aromatic heterocycles. The first-order chi connectivity index (χ1) is 11.8. The molecule has 0 atom stereocenters. The van der Waals surface area contributed by atoms with Gasteiger partial charge in [-0.2, -0.15) is 0 Å². The van der Waals surface area contributed by atoms with Gasteiger partial charge in [-0.1, -0.05) is 30.3 Å². The summed E-state index contributed by atoms with van der Waals surface area (Å²) in [5.74, 6) is 1.01. The minimum atomic E-state index is 0.0645. The summed E-state index contributed by atoms with van der Waals surface area (Å²) < 4.78 is 6.06. The molecule has 1 fully saturated rings. The molecule has 0 aliphatic carbocycles. The first-order valence-corrected chi connectivity index (χ1v) is 8.45. The predicted octanol–water partition coefficient (Wildman–Crippen LogP) is 5.03. The number of hydrogen-bond donors (Lipinski definition) is 0. The topological polar surface area (TPSA) is 32.4 Å². The van der Waals surface area contributed by atoms with Crippen molar-refractivity contribution in [1.82, 2.24) is 0 Å². The van der Waals surface area contributed by atoms with E-state index in [1.807, 2.05) is 36.4 Å². The van der Waals surface area contributed by atoms with E-state index in [9.17, 15) is 5.11 Å². The summed E-state index contributed by atoms with van der Waals surface area (Å²) in [6.45, 7) is 1.94. The van der Waals surface area contributed by atoms with Crippen LogP contribution < -0.4 is 9.64 Å². The molecule has 1 aliphatic rings. The van der Waals surface area contributed by atoms with Crippen molar-refractivity contribution in [3.05, 3.63) is 66.7 Å². The van der Waals surface area contributed by atoms with Crippen molar-refractivity contribution in [1.29, 1.82) is 0 Å². The number of benzene rings is 3. The van der Waals surface area contributed by atoms with Crippen LogP contribution in [0.1, 0.15) is 12.8 Å². The van der Waals surface area contributed by atoms with Crippen LogP contribution in [-0.2, 0) is 5.11 Å². The van der Waals surface area contributed by atoms with Gasteiger partial charge in [0.2, 0.25) is 0 Å². The lowest BCUT2D eigenvalue weighted by Crippen LogP contribution is -2.38. The molecule has 4 rings (SSSR count). The molecule has 0 saturated carbocycles. The second-order valence-electron chi connectivity index (χ2n) is 6.31. The molecule has 0 spiro atoms. The number of rotatable bonds is 3. The van der Waals surface area contributed by atoms with Crippen LogP contribution in [0.25, 0.3) is 10.8 Å². The first kappa shape index (κ1) is 14.9. The standard InChI is InChI=1S/C21H20NO2/c23-19-9-7-16-6-8-18(14-17(16)15-19)22-12-10-21(11-13-22)24-20-4-2-1-3-5-20/h1-9,14-15,21H,10-13H2. The SMILES string of the molecule is [O]c1ccc2ccc(N3CCC(Oc4ccccc4)CC3)cc2c1. The highest BCUT2D eigenvalue weighted by atomic mass is 16.5. The number of nitrogens with zero attached hydrogens (tertiary/aromatic N) is 1. The lowest BCUT2D eigenvalue weighted by Gasteiger charge is -2.34. The van der Waals surface area contributed by atoms with E-state index in [1.54, 1.807) is 12.1 Å². The van der Waals surface area contributed by atoms with Crippen LogP contribution in [0.15, 0.2) is 66.7 Å². The summed E-state index contributed by atoms with van der Waals surface area (Å²) in [5, 5.41) is 13.7. The van der Waals surface area contributed by atoms with Gasteiger partial charge in [-0.15, -0.1) is 0 Å². The summed E-state index contributed by atoms with van der Waals surface area (Å²) in [6, 6.07) is 21.6. The third-order valence-electron chi connectivity index (χ3n) is 4.65. The van der Waals surface area contributed by atoms with Crippen LogP contribution >= 0.6 is 0 Å². The number of hydrogen-bond acceptors (Lipinski definition) is 2. The van der Waals surface area contributed by atoms with Gasteiger partial charge in [0.15, 0.2) is 5.75 Å². The second kappa shape index (κ2) is 6.44. The maximum Gasteiger partial charge on any atom is 0.179 e. The molecular weight excluding hydrogens is 298 g/mol. The van der Waals surface area contributed by atoms with E-state index in [2.05, 4.69) is 23.1 Å². The maximum atomic E-state index is 11.6. The Labute approximate surface area is 142 Å². The van der Waals surface area contributed by atoms with Crippen molar-refractivity contribution in [2.24, 2.45) is 0 Å². The van der Waals surface area contributed by atoms with E-state index in [-0.39, 0.29) is 11.9 Å². The van der Waals surface area contributed by atoms with Gasteiger partial charge in [0.05, 0.1) is 0 Å². The highest BCUT2D eigenvalue weighted by molar-refractivity contribution is 5.87. The molecule has 0 N–H and O–H groups in total. The van der Waals surface area contributed by atoms with Crippen molar-refractivity contribution < 1.29 is 9.84 Å². The van der Waals surface area contributed by atoms with Crippen molar-refractivity contribution in [3.8, 4) is 11.5 Å². The van der Waals surface area contributed by atoms with Crippen LogP contribution in [0.4, 0.5) is 5.69 Å². The van der Waals surface area contributed by atoms with Gasteiger partial charge >= 0.3 is 0 Å². The zero-order valence-corrected chi connectivity index (χ0v) is 13.5. The smallest absolute Gasteiger partial charge is 0.179 e. The summed E-state index contributed by atoms with van der Waals surface area (Å²) in [5.41, 5.74) is 1.19. The Morgan fingerprint density at radius 3 is 2.38 bits per heavy atom. The molecule has 0 amide bonds. The zero-order valence-electron chi connectivity index (χ0n) is 13.5. The van der Waals surface area contributed by atoms with Crippen LogP contribution in [0, 0.1) is 0 Å². The molecule has 1 saturated heterocycles. The fourth-order valence-electron chi connectivity index (χ4n) is 3.33. The van der Waals surface area contributed by atoms with Crippen molar-refractivity contribution in [3.63, 3.8) is 0 Å². The van der Waals surface area contributed by atoms with E-state index in [0.717, 1.165) is 42.5 Å². The number of fused-ring (bicyclic) bond motifs is 1. The Morgan fingerprint density at radius 1 is 0.833 bits per heavy atom. The number of para-hydroxylation sites is 1. The highest BCUT2D eigenvalue weighted by Gasteiger charge is 2.21. The molecule has 3 heteroatoms. The largest absolute Gasteiger partial charge is 0.490 e. The van der Waals surface area contributed by atoms with Gasteiger partial charge in [0.25, 0.3) is 0 Å². The van der Waals surface area contributed by atoms with E-state index in [0.29, 0.717) is 0 Å². The molecule has 3 nitrogen and oxygen atoms in total. The minimum absolute atomic E-state index is 0.0645. The highest BCUT2D eigenvalue weighted by Crippen LogP contribution is 2.28. The van der Waals surface area contributed by atoms with Gasteiger partial charge < -0.3 is 9.64 Å². The van der Waals surface area contributed by atoms with E-state index in [1.165, 1.54) is 5.69 Å². The lowest BCUT2D eigenvalue weighted by molar-refractivity contribution is 0.171. The Hall–Kier alpha value is -2.68. The molecule has 1 radical (unpaired) electrons. The molecule has 3 aromatic carbocycles. The average Bonchev–Trinajstić information content (AvgIpc) is 2.62. The zero-order chi connectivity index (χ0) is 16.4. The predicted molar refractivity (Wildman–Crippen MR) is 96.4 cm³/mol. The van der Waals surface area contributed by atoms with E-state index in [4.69, 9.17) is 4.74 Å². The molecule has 24 heavy (non-hydrogen) atoms. The maximum absolute atomic E-state index is 11.6. The van der Waals surface area contributed by atoms with Gasteiger partial charge in [-0.25, -0.2) is 0 Å². The fraction of sp³-hybridized carbons (Fsp3) is 0.238. The minimum Gasteiger partial charge on any atom is -0.490 e. The summed E-state index contributed by atoms with van der Waals surface area (Å²) in [4.78, 5) is 2.38. The molecule has 1 heterocycles. The average molecular weight is 318 g/mol. The van der Waals surface area contributed by atoms with Crippen molar-refractivity contribution in [2.45, 2.75) is 18.9 Å². The van der Waals surface area contributed by atoms with Gasteiger partial charge in [0.1, 0.15) is 11.9 Å². The third-order valence-corrected chi connectivity index (χ3v) is 4.65. The Morgan fingerprint density at radius 2 is 1.58 bits per heavy atom. The van der Waals surface area contributed by atoms with E-state index >= 15 is 0 Å². The van der Waals surface area contributed by atoms with Gasteiger partial charge in [-0.05, 0) is 47.2 Å². The Balaban J connectivity index is 1.44. The molecule has 0 unspecified atom stereocenters. The molecule has 0 bridgehead atoms. The monoisotopic (exact) mass is 318 g/mol. The molecule has 1 aliphatic heterocycles. The van der Waals surface area contributed by atoms with Crippen LogP contribution in [0.3, 0.4) is 0 Å². The lowest BCUT2D eigenvalue weighted by atomic mass is 10.0. The quantitative estimate of drug-likeness (QED) is 0.678. The number of piperidine rings is 1. The number of ether oxygens (including phenoxy) is 1. The summed E-state index contributed by atoms with van der Waals surface area (Å²) in [7, 11) is 0. The van der Waals surface area contributed by atoms with Crippen LogP contribution in [0.2, 0.25) is 0 Å². The first-order valence-electron chi connectivity index (χ1n) is 8.45. The van der Waals surface area contributed by atoms with Crippen LogP contribution in [-0.4, -0.2) is 19.2 Å². The van der Waals surface area contributed by atoms with Gasteiger partial charge in [-0.3, -0.25) is 5.11 Å². The fourth-order valence-corrected chi connectivity index (χ4v) is 3.33. The van der Waals surface area contributed by atoms with Crippen molar-refractivity contribution >= 4 is 16.5 Å². The third kappa shape index (κ3) is 3.16. The van der Waals surface area contributed by atoms with Gasteiger partial charge in [0, 0.05) is 31.6 Å². The van der Waals surface area contributed by atoms with Crippen LogP contribution in [0.5, 0.6) is 11.5 Å². The van der Waals surface area contributed by atoms with E-state index < -0.39 is 0 Å². The normalized spacial score (nSPS) is 15.6. The molecular formula is C21H20NO2. The molecule has 3 aromatic rings. The summed E-state index contributed by atoms with van der Waals surface area (Å²) in [6.07, 6.45) is 2.29. The Bertz CT molecular complexity index is 824. The Kier molecular flexibility index (Phi) is 3.99.